The molecule has 3 nitrogen and oxygen atoms in total. The molecule has 1 N–H and O–H groups in total. The highest BCUT2D eigenvalue weighted by atomic mass is 35.5. The molecule has 0 saturated heterocycles. The third kappa shape index (κ3) is 3.19. The highest BCUT2D eigenvalue weighted by molar-refractivity contribution is 7.17. The van der Waals surface area contributed by atoms with Crippen LogP contribution in [0.25, 0.3) is 32.5 Å². The van der Waals surface area contributed by atoms with Gasteiger partial charge >= 0.3 is 0 Å². The van der Waals surface area contributed by atoms with Crippen molar-refractivity contribution in [2.45, 2.75) is 0 Å². The molecule has 2 aromatic heterocycles. The molecule has 0 unspecified atom stereocenters. The fourth-order valence-corrected chi connectivity index (χ4v) is 3.83. The van der Waals surface area contributed by atoms with E-state index in [0.717, 1.165) is 16.7 Å². The summed E-state index contributed by atoms with van der Waals surface area (Å²) in [7, 11) is 0. The number of H-pyrrole nitrogens is 1. The van der Waals surface area contributed by atoms with E-state index < -0.39 is 0 Å². The van der Waals surface area contributed by atoms with E-state index in [9.17, 15) is 9.18 Å². The molecule has 0 fully saturated rings. The summed E-state index contributed by atoms with van der Waals surface area (Å²) in [5.41, 5.74) is 2.29. The molecule has 0 radical (unpaired) electrons. The lowest BCUT2D eigenvalue weighted by atomic mass is 10.1. The second-order valence-electron chi connectivity index (χ2n) is 5.65. The van der Waals surface area contributed by atoms with Gasteiger partial charge in [0, 0.05) is 10.9 Å². The van der Waals surface area contributed by atoms with Crippen LogP contribution in [0.15, 0.2) is 64.8 Å². The van der Waals surface area contributed by atoms with Gasteiger partial charge in [0.25, 0.3) is 5.56 Å². The Morgan fingerprint density at radius 1 is 1.12 bits per heavy atom. The molecule has 0 amide bonds. The number of halogens is 2. The smallest absolute Gasteiger partial charge is 0.260 e. The molecule has 0 aliphatic carbocycles. The monoisotopic (exact) mass is 382 g/mol. The van der Waals surface area contributed by atoms with Gasteiger partial charge in [-0.3, -0.25) is 4.79 Å². The maximum Gasteiger partial charge on any atom is 0.260 e. The molecule has 128 valence electrons. The molecule has 0 aliphatic heterocycles. The number of rotatable bonds is 3. The van der Waals surface area contributed by atoms with Gasteiger partial charge in [0.2, 0.25) is 0 Å². The predicted molar refractivity (Wildman–Crippen MR) is 106 cm³/mol. The molecule has 4 rings (SSSR count). The number of aromatic nitrogens is 2. The van der Waals surface area contributed by atoms with Crippen molar-refractivity contribution in [1.82, 2.24) is 9.97 Å². The molecule has 0 bridgehead atoms. The fraction of sp³-hybridized carbons (Fsp3) is 0. The van der Waals surface area contributed by atoms with E-state index in [1.807, 2.05) is 35.7 Å². The van der Waals surface area contributed by atoms with E-state index in [-0.39, 0.29) is 22.2 Å². The zero-order valence-corrected chi connectivity index (χ0v) is 14.9. The fourth-order valence-electron chi connectivity index (χ4n) is 2.67. The first kappa shape index (κ1) is 16.7. The highest BCUT2D eigenvalue weighted by Crippen LogP contribution is 2.31. The molecule has 0 saturated carbocycles. The Labute approximate surface area is 157 Å². The Kier molecular flexibility index (Phi) is 4.41. The largest absolute Gasteiger partial charge is 0.305 e. The Hall–Kier alpha value is -2.76. The van der Waals surface area contributed by atoms with E-state index in [1.165, 1.54) is 23.5 Å². The van der Waals surface area contributed by atoms with Gasteiger partial charge in [-0.05, 0) is 29.3 Å². The molecule has 6 heteroatoms. The second kappa shape index (κ2) is 6.86. The molecule has 0 atom stereocenters. The maximum atomic E-state index is 13.0. The van der Waals surface area contributed by atoms with Crippen molar-refractivity contribution in [3.63, 3.8) is 0 Å². The van der Waals surface area contributed by atoms with Gasteiger partial charge in [0.05, 0.1) is 10.4 Å². The van der Waals surface area contributed by atoms with Crippen molar-refractivity contribution in [3.05, 3.63) is 87.5 Å². The SMILES string of the molecule is O=c1[nH]c(/C(Cl)=C/c2ccc(F)cc2)nc2scc(-c3ccccc3)c12. The third-order valence-electron chi connectivity index (χ3n) is 3.92. The Bertz CT molecular complexity index is 1160. The minimum Gasteiger partial charge on any atom is -0.305 e. The molecule has 0 aliphatic rings. The summed E-state index contributed by atoms with van der Waals surface area (Å²) < 4.78 is 13.0. The van der Waals surface area contributed by atoms with Gasteiger partial charge in [0.15, 0.2) is 5.82 Å². The topological polar surface area (TPSA) is 45.8 Å². The zero-order chi connectivity index (χ0) is 18.1. The minimum absolute atomic E-state index is 0.240. The lowest BCUT2D eigenvalue weighted by molar-refractivity contribution is 0.628. The van der Waals surface area contributed by atoms with Gasteiger partial charge in [-0.25, -0.2) is 9.37 Å². The van der Waals surface area contributed by atoms with Crippen LogP contribution >= 0.6 is 22.9 Å². The van der Waals surface area contributed by atoms with Crippen LogP contribution in [0, 0.1) is 5.82 Å². The number of hydrogen-bond acceptors (Lipinski definition) is 3. The molecular formula is C20H12ClFN2OS. The summed E-state index contributed by atoms with van der Waals surface area (Å²) in [6.45, 7) is 0. The van der Waals surface area contributed by atoms with Crippen LogP contribution in [0.4, 0.5) is 4.39 Å². The van der Waals surface area contributed by atoms with Crippen LogP contribution in [0.3, 0.4) is 0 Å². The van der Waals surface area contributed by atoms with E-state index in [1.54, 1.807) is 18.2 Å². The molecule has 0 spiro atoms. The van der Waals surface area contributed by atoms with Crippen molar-refractivity contribution in [1.29, 1.82) is 0 Å². The van der Waals surface area contributed by atoms with Crippen LogP contribution in [0.5, 0.6) is 0 Å². The quantitative estimate of drug-likeness (QED) is 0.506. The first-order valence-electron chi connectivity index (χ1n) is 7.82. The van der Waals surface area contributed by atoms with E-state index in [4.69, 9.17) is 11.6 Å². The van der Waals surface area contributed by atoms with E-state index >= 15 is 0 Å². The maximum absolute atomic E-state index is 13.0. The lowest BCUT2D eigenvalue weighted by Crippen LogP contribution is -2.10. The molecule has 4 aromatic rings. The molecule has 26 heavy (non-hydrogen) atoms. The summed E-state index contributed by atoms with van der Waals surface area (Å²) in [6, 6.07) is 15.6. The van der Waals surface area contributed by atoms with Crippen molar-refractivity contribution < 1.29 is 4.39 Å². The van der Waals surface area contributed by atoms with E-state index in [0.29, 0.717) is 10.2 Å². The molecular weight excluding hydrogens is 371 g/mol. The molecule has 2 aromatic carbocycles. The number of benzene rings is 2. The Balaban J connectivity index is 1.79. The zero-order valence-electron chi connectivity index (χ0n) is 13.4. The van der Waals surface area contributed by atoms with Crippen molar-refractivity contribution >= 4 is 44.3 Å². The van der Waals surface area contributed by atoms with Crippen LogP contribution in [0.1, 0.15) is 11.4 Å². The summed E-state index contributed by atoms with van der Waals surface area (Å²) in [4.78, 5) is 20.5. The second-order valence-corrected chi connectivity index (χ2v) is 6.92. The summed E-state index contributed by atoms with van der Waals surface area (Å²) in [6.07, 6.45) is 1.64. The number of thiophene rings is 1. The van der Waals surface area contributed by atoms with Gasteiger partial charge in [-0.1, -0.05) is 54.1 Å². The van der Waals surface area contributed by atoms with Crippen LogP contribution < -0.4 is 5.56 Å². The van der Waals surface area contributed by atoms with Crippen molar-refractivity contribution in [3.8, 4) is 11.1 Å². The van der Waals surface area contributed by atoms with Gasteiger partial charge in [-0.2, -0.15) is 0 Å². The Morgan fingerprint density at radius 2 is 1.85 bits per heavy atom. The number of hydrogen-bond donors (Lipinski definition) is 1. The summed E-state index contributed by atoms with van der Waals surface area (Å²) in [5.74, 6) is -0.0341. The van der Waals surface area contributed by atoms with Crippen molar-refractivity contribution in [2.24, 2.45) is 0 Å². The van der Waals surface area contributed by atoms with Gasteiger partial charge in [-0.15, -0.1) is 11.3 Å². The number of nitrogens with one attached hydrogen (secondary N) is 1. The van der Waals surface area contributed by atoms with E-state index in [2.05, 4.69) is 9.97 Å². The van der Waals surface area contributed by atoms with Crippen LogP contribution in [0.2, 0.25) is 0 Å². The lowest BCUT2D eigenvalue weighted by Gasteiger charge is -2.02. The van der Waals surface area contributed by atoms with Crippen LogP contribution in [-0.4, -0.2) is 9.97 Å². The third-order valence-corrected chi connectivity index (χ3v) is 5.08. The van der Waals surface area contributed by atoms with Crippen molar-refractivity contribution in [2.75, 3.05) is 0 Å². The number of nitrogens with zero attached hydrogens (tertiary/aromatic N) is 1. The molecule has 2 heterocycles. The van der Waals surface area contributed by atoms with Gasteiger partial charge < -0.3 is 4.98 Å². The van der Waals surface area contributed by atoms with Gasteiger partial charge in [0.1, 0.15) is 10.6 Å². The summed E-state index contributed by atoms with van der Waals surface area (Å²) in [5, 5.41) is 2.75. The predicted octanol–water partition coefficient (Wildman–Crippen LogP) is 5.53. The summed E-state index contributed by atoms with van der Waals surface area (Å²) >= 11 is 7.71. The normalized spacial score (nSPS) is 11.8. The standard InChI is InChI=1S/C20H12ClFN2OS/c21-16(10-12-6-8-14(22)9-7-12)18-23-19(25)17-15(11-26-20(17)24-18)13-4-2-1-3-5-13/h1-11H,(H,23,24,25)/b16-10-. The number of fused-ring (bicyclic) bond motifs is 1. The first-order chi connectivity index (χ1) is 12.6. The first-order valence-corrected chi connectivity index (χ1v) is 9.07. The average Bonchev–Trinajstić information content (AvgIpc) is 3.09. The highest BCUT2D eigenvalue weighted by Gasteiger charge is 2.14. The average molecular weight is 383 g/mol. The minimum atomic E-state index is -0.321. The number of aromatic amines is 1. The Morgan fingerprint density at radius 3 is 2.58 bits per heavy atom. The van der Waals surface area contributed by atoms with Crippen LogP contribution in [-0.2, 0) is 0 Å².